The molecule has 2 heterocycles. The minimum absolute atomic E-state index is 0.413. The van der Waals surface area contributed by atoms with E-state index in [0.717, 1.165) is 32.6 Å². The van der Waals surface area contributed by atoms with E-state index < -0.39 is 5.97 Å². The van der Waals surface area contributed by atoms with E-state index in [0.29, 0.717) is 10.6 Å². The van der Waals surface area contributed by atoms with Gasteiger partial charge in [0.2, 0.25) is 0 Å². The summed E-state index contributed by atoms with van der Waals surface area (Å²) in [6.07, 6.45) is 1.69. The van der Waals surface area contributed by atoms with E-state index >= 15 is 0 Å². The van der Waals surface area contributed by atoms with Crippen molar-refractivity contribution in [2.75, 3.05) is 21.2 Å². The van der Waals surface area contributed by atoms with Crippen molar-refractivity contribution in [3.05, 3.63) is 71.6 Å². The van der Waals surface area contributed by atoms with Crippen molar-refractivity contribution in [2.24, 2.45) is 4.99 Å². The fraction of sp³-hybridized carbons (Fsp3) is 0.125. The Balaban J connectivity index is 2.07. The van der Waals surface area contributed by atoms with Crippen LogP contribution in [0.1, 0.15) is 9.67 Å². The number of carbonyl (C=O) groups is 1. The minimum Gasteiger partial charge on any atom is -0.465 e. The van der Waals surface area contributed by atoms with Gasteiger partial charge in [-0.1, -0.05) is 60.7 Å². The van der Waals surface area contributed by atoms with Crippen molar-refractivity contribution in [1.82, 2.24) is 9.88 Å². The number of hydrogen-bond donors (Lipinski definition) is 0. The van der Waals surface area contributed by atoms with E-state index in [1.807, 2.05) is 67.5 Å². The first-order valence-corrected chi connectivity index (χ1v) is 10.3. The highest BCUT2D eigenvalue weighted by Crippen LogP contribution is 2.44. The number of pyridine rings is 1. The number of aliphatic imine (C=N–C) groups is 1. The van der Waals surface area contributed by atoms with Crippen LogP contribution >= 0.6 is 11.3 Å². The molecule has 5 nitrogen and oxygen atoms in total. The van der Waals surface area contributed by atoms with Crippen LogP contribution in [0.2, 0.25) is 0 Å². The first-order chi connectivity index (χ1) is 14.6. The number of rotatable bonds is 5. The first kappa shape index (κ1) is 19.8. The number of fused-ring (bicyclic) bond motifs is 1. The lowest BCUT2D eigenvalue weighted by Crippen LogP contribution is -2.07. The van der Waals surface area contributed by atoms with Gasteiger partial charge in [0.15, 0.2) is 0 Å². The summed E-state index contributed by atoms with van der Waals surface area (Å²) in [6, 6.07) is 22.2. The highest BCUT2D eigenvalue weighted by molar-refractivity contribution is 7.21. The molecule has 0 aliphatic rings. The van der Waals surface area contributed by atoms with Gasteiger partial charge in [-0.15, -0.1) is 11.3 Å². The molecule has 0 saturated heterocycles. The number of nitrogens with zero attached hydrogens (tertiary/aromatic N) is 3. The van der Waals surface area contributed by atoms with Crippen molar-refractivity contribution in [2.45, 2.75) is 0 Å². The summed E-state index contributed by atoms with van der Waals surface area (Å²) in [5.74, 6) is -0.413. The van der Waals surface area contributed by atoms with Crippen LogP contribution < -0.4 is 0 Å². The molecule has 0 aliphatic carbocycles. The monoisotopic (exact) mass is 415 g/mol. The Labute approximate surface area is 179 Å². The van der Waals surface area contributed by atoms with Gasteiger partial charge in [-0.2, -0.15) is 0 Å². The Kier molecular flexibility index (Phi) is 5.59. The number of thiophene rings is 1. The predicted octanol–water partition coefficient (Wildman–Crippen LogP) is 5.64. The molecule has 0 radical (unpaired) electrons. The van der Waals surface area contributed by atoms with Crippen LogP contribution in [0.15, 0.2) is 71.7 Å². The fourth-order valence-corrected chi connectivity index (χ4v) is 4.28. The molecule has 0 unspecified atom stereocenters. The lowest BCUT2D eigenvalue weighted by Gasteiger charge is -2.09. The van der Waals surface area contributed by atoms with Gasteiger partial charge in [-0.3, -0.25) is 0 Å². The number of ether oxygens (including phenoxy) is 1. The molecule has 4 aromatic rings. The highest BCUT2D eigenvalue weighted by atomic mass is 32.1. The van der Waals surface area contributed by atoms with E-state index in [-0.39, 0.29) is 0 Å². The number of benzene rings is 2. The van der Waals surface area contributed by atoms with Crippen LogP contribution in [0, 0.1) is 0 Å². The average Bonchev–Trinajstić information content (AvgIpc) is 3.16. The second-order valence-corrected chi connectivity index (χ2v) is 7.95. The van der Waals surface area contributed by atoms with Crippen LogP contribution in [0.5, 0.6) is 0 Å². The molecule has 4 rings (SSSR count). The molecular weight excluding hydrogens is 394 g/mol. The second kappa shape index (κ2) is 8.47. The molecule has 0 aliphatic heterocycles. The molecule has 150 valence electrons. The van der Waals surface area contributed by atoms with Gasteiger partial charge in [0, 0.05) is 25.0 Å². The molecule has 0 bridgehead atoms. The van der Waals surface area contributed by atoms with Gasteiger partial charge in [0.25, 0.3) is 0 Å². The quantitative estimate of drug-likeness (QED) is 0.240. The number of aromatic nitrogens is 1. The minimum atomic E-state index is -0.413. The first-order valence-electron chi connectivity index (χ1n) is 9.46. The molecule has 0 N–H and O–H groups in total. The van der Waals surface area contributed by atoms with Gasteiger partial charge in [-0.05, 0) is 17.2 Å². The van der Waals surface area contributed by atoms with E-state index in [1.54, 1.807) is 6.34 Å². The number of esters is 1. The van der Waals surface area contributed by atoms with Crippen molar-refractivity contribution < 1.29 is 9.53 Å². The standard InChI is InChI=1S/C24H21N3O2S/c1-27(2)15-25-21-20-18(16-10-6-4-7-11-16)14-19(17-12-8-5-9-13-17)26-23(20)30-22(21)24(28)29-3/h4-15H,1-3H3. The smallest absolute Gasteiger partial charge is 0.350 e. The molecular formula is C24H21N3O2S. The van der Waals surface area contributed by atoms with Crippen molar-refractivity contribution in [3.63, 3.8) is 0 Å². The highest BCUT2D eigenvalue weighted by Gasteiger charge is 2.23. The predicted molar refractivity (Wildman–Crippen MR) is 124 cm³/mol. The van der Waals surface area contributed by atoms with E-state index in [4.69, 9.17) is 9.72 Å². The normalized spacial score (nSPS) is 11.2. The van der Waals surface area contributed by atoms with Gasteiger partial charge >= 0.3 is 5.97 Å². The maximum atomic E-state index is 12.5. The third kappa shape index (κ3) is 3.82. The molecule has 2 aromatic carbocycles. The second-order valence-electron chi connectivity index (χ2n) is 6.95. The zero-order valence-electron chi connectivity index (χ0n) is 17.0. The molecule has 2 aromatic heterocycles. The Morgan fingerprint density at radius 2 is 1.67 bits per heavy atom. The maximum Gasteiger partial charge on any atom is 0.350 e. The van der Waals surface area contributed by atoms with E-state index in [2.05, 4.69) is 23.2 Å². The van der Waals surface area contributed by atoms with Crippen LogP contribution in [-0.4, -0.2) is 43.4 Å². The lowest BCUT2D eigenvalue weighted by molar-refractivity contribution is 0.0607. The average molecular weight is 416 g/mol. The molecule has 0 spiro atoms. The van der Waals surface area contributed by atoms with Gasteiger partial charge < -0.3 is 9.64 Å². The summed E-state index contributed by atoms with van der Waals surface area (Å²) >= 11 is 1.31. The molecule has 6 heteroatoms. The molecule has 0 atom stereocenters. The Hall–Kier alpha value is -3.51. The van der Waals surface area contributed by atoms with Gasteiger partial charge in [0.05, 0.1) is 19.1 Å². The van der Waals surface area contributed by atoms with Crippen LogP contribution in [0.3, 0.4) is 0 Å². The summed E-state index contributed by atoms with van der Waals surface area (Å²) in [7, 11) is 5.16. The number of methoxy groups -OCH3 is 1. The summed E-state index contributed by atoms with van der Waals surface area (Å²) < 4.78 is 5.03. The maximum absolute atomic E-state index is 12.5. The van der Waals surface area contributed by atoms with Crippen LogP contribution in [-0.2, 0) is 4.74 Å². The Bertz CT molecular complexity index is 1220. The van der Waals surface area contributed by atoms with Gasteiger partial charge in [0.1, 0.15) is 15.4 Å². The third-order valence-corrected chi connectivity index (χ3v) is 5.63. The summed E-state index contributed by atoms with van der Waals surface area (Å²) in [6.45, 7) is 0. The molecule has 0 amide bonds. The summed E-state index contributed by atoms with van der Waals surface area (Å²) in [5.41, 5.74) is 4.47. The van der Waals surface area contributed by atoms with Gasteiger partial charge in [-0.25, -0.2) is 14.8 Å². The topological polar surface area (TPSA) is 54.8 Å². The molecule has 0 saturated carbocycles. The zero-order chi connectivity index (χ0) is 21.1. The van der Waals surface area contributed by atoms with Crippen LogP contribution in [0.25, 0.3) is 32.6 Å². The fourth-order valence-electron chi connectivity index (χ4n) is 3.21. The van der Waals surface area contributed by atoms with Crippen LogP contribution in [0.4, 0.5) is 5.69 Å². The molecule has 0 fully saturated rings. The molecule has 30 heavy (non-hydrogen) atoms. The zero-order valence-corrected chi connectivity index (χ0v) is 17.8. The largest absolute Gasteiger partial charge is 0.465 e. The lowest BCUT2D eigenvalue weighted by atomic mass is 9.99. The SMILES string of the molecule is COC(=O)c1sc2nc(-c3ccccc3)cc(-c3ccccc3)c2c1N=CN(C)C. The number of carbonyl (C=O) groups excluding carboxylic acids is 1. The van der Waals surface area contributed by atoms with Crippen molar-refractivity contribution in [1.29, 1.82) is 0 Å². The Morgan fingerprint density at radius 1 is 1.03 bits per heavy atom. The number of hydrogen-bond acceptors (Lipinski definition) is 5. The summed E-state index contributed by atoms with van der Waals surface area (Å²) in [5, 5.41) is 0.851. The Morgan fingerprint density at radius 3 is 2.27 bits per heavy atom. The van der Waals surface area contributed by atoms with Crippen molar-refractivity contribution >= 4 is 39.5 Å². The van der Waals surface area contributed by atoms with E-state index in [1.165, 1.54) is 18.4 Å². The van der Waals surface area contributed by atoms with E-state index in [9.17, 15) is 4.79 Å². The van der Waals surface area contributed by atoms with Crippen molar-refractivity contribution in [3.8, 4) is 22.4 Å². The summed E-state index contributed by atoms with van der Waals surface area (Å²) in [4.78, 5) is 25.1. The third-order valence-electron chi connectivity index (χ3n) is 4.58.